The first-order valence-electron chi connectivity index (χ1n) is 5.62. The SMILES string of the molecule is CCC(=O)CP(=O)(O)OO[Si](C)(C)C(C)(C)C. The Morgan fingerprint density at radius 2 is 1.82 bits per heavy atom. The number of Topliss-reactive ketones (excluding diaryl/α,β-unsaturated/α-hetero) is 1. The molecule has 7 heteroatoms. The second-order valence-corrected chi connectivity index (χ2v) is 12.0. The lowest BCUT2D eigenvalue weighted by atomic mass is 10.2. The van der Waals surface area contributed by atoms with Gasteiger partial charge < -0.3 is 4.89 Å². The van der Waals surface area contributed by atoms with Crippen LogP contribution in [0.3, 0.4) is 0 Å². The Morgan fingerprint density at radius 3 is 2.18 bits per heavy atom. The molecule has 1 atom stereocenters. The lowest BCUT2D eigenvalue weighted by Crippen LogP contribution is -2.40. The van der Waals surface area contributed by atoms with E-state index in [0.717, 1.165) is 0 Å². The van der Waals surface area contributed by atoms with Crippen molar-refractivity contribution in [3.05, 3.63) is 0 Å². The average Bonchev–Trinajstić information content (AvgIpc) is 2.12. The minimum absolute atomic E-state index is 0.123. The van der Waals surface area contributed by atoms with E-state index in [2.05, 4.69) is 4.67 Å². The van der Waals surface area contributed by atoms with Gasteiger partial charge in [-0.1, -0.05) is 27.7 Å². The maximum absolute atomic E-state index is 11.6. The smallest absolute Gasteiger partial charge is 0.322 e. The third-order valence-electron chi connectivity index (χ3n) is 2.94. The highest BCUT2D eigenvalue weighted by atomic mass is 31.2. The molecule has 0 aliphatic heterocycles. The van der Waals surface area contributed by atoms with Crippen molar-refractivity contribution in [2.24, 2.45) is 0 Å². The molecular formula is C10H23O5PSi. The van der Waals surface area contributed by atoms with Crippen molar-refractivity contribution >= 4 is 21.7 Å². The van der Waals surface area contributed by atoms with Crippen molar-refractivity contribution in [2.75, 3.05) is 6.16 Å². The molecule has 0 aromatic carbocycles. The van der Waals surface area contributed by atoms with E-state index in [9.17, 15) is 14.3 Å². The Hall–Kier alpha value is -0.00312. The van der Waals surface area contributed by atoms with Gasteiger partial charge in [0.15, 0.2) is 0 Å². The fraction of sp³-hybridized carbons (Fsp3) is 0.900. The van der Waals surface area contributed by atoms with Crippen LogP contribution in [0, 0.1) is 0 Å². The molecule has 17 heavy (non-hydrogen) atoms. The van der Waals surface area contributed by atoms with Gasteiger partial charge in [0, 0.05) is 6.42 Å². The van der Waals surface area contributed by atoms with E-state index in [1.54, 1.807) is 6.92 Å². The first kappa shape index (κ1) is 17.0. The van der Waals surface area contributed by atoms with E-state index < -0.39 is 22.1 Å². The number of rotatable bonds is 6. The number of carbonyl (C=O) groups excluding carboxylic acids is 1. The lowest BCUT2D eigenvalue weighted by molar-refractivity contribution is -0.128. The molecule has 0 aliphatic carbocycles. The predicted molar refractivity (Wildman–Crippen MR) is 69.4 cm³/mol. The van der Waals surface area contributed by atoms with Crippen LogP contribution in [0.4, 0.5) is 0 Å². The van der Waals surface area contributed by atoms with E-state index in [-0.39, 0.29) is 17.2 Å². The Kier molecular flexibility index (Phi) is 5.76. The second-order valence-electron chi connectivity index (χ2n) is 5.61. The quantitative estimate of drug-likeness (QED) is 0.351. The van der Waals surface area contributed by atoms with Crippen LogP contribution in [0.5, 0.6) is 0 Å². The standard InChI is InChI=1S/C10H23O5PSi/c1-7-9(11)8-16(12,13)14-15-17(5,6)10(2,3)4/h7-8H2,1-6H3,(H,12,13). The van der Waals surface area contributed by atoms with E-state index in [0.29, 0.717) is 0 Å². The molecular weight excluding hydrogens is 259 g/mol. The molecule has 0 aromatic heterocycles. The molecule has 0 heterocycles. The summed E-state index contributed by atoms with van der Waals surface area (Å²) in [5.41, 5.74) is 0. The normalized spacial score (nSPS) is 16.6. The topological polar surface area (TPSA) is 72.8 Å². The molecule has 0 saturated heterocycles. The minimum Gasteiger partial charge on any atom is -0.322 e. The third-order valence-corrected chi connectivity index (χ3v) is 8.25. The highest BCUT2D eigenvalue weighted by Gasteiger charge is 2.41. The zero-order valence-corrected chi connectivity index (χ0v) is 13.3. The molecule has 102 valence electrons. The van der Waals surface area contributed by atoms with Gasteiger partial charge in [-0.3, -0.25) is 13.9 Å². The van der Waals surface area contributed by atoms with Crippen LogP contribution in [0.25, 0.3) is 0 Å². The summed E-state index contributed by atoms with van der Waals surface area (Å²) in [5, 5.41) is -0.123. The molecule has 0 rings (SSSR count). The van der Waals surface area contributed by atoms with Gasteiger partial charge in [0.05, 0.1) is 0 Å². The lowest BCUT2D eigenvalue weighted by Gasteiger charge is -2.34. The second kappa shape index (κ2) is 5.76. The fourth-order valence-electron chi connectivity index (χ4n) is 0.637. The third kappa shape index (κ3) is 5.93. The summed E-state index contributed by atoms with van der Waals surface area (Å²) in [6.07, 6.45) is -0.272. The monoisotopic (exact) mass is 282 g/mol. The van der Waals surface area contributed by atoms with Crippen molar-refractivity contribution in [3.8, 4) is 0 Å². The van der Waals surface area contributed by atoms with Gasteiger partial charge in [0.25, 0.3) is 0 Å². The van der Waals surface area contributed by atoms with E-state index in [1.807, 2.05) is 33.9 Å². The summed E-state index contributed by atoms with van der Waals surface area (Å²) in [7, 11) is -6.21. The summed E-state index contributed by atoms with van der Waals surface area (Å²) >= 11 is 0. The summed E-state index contributed by atoms with van der Waals surface area (Å²) in [6, 6.07) is 0. The van der Waals surface area contributed by atoms with Crippen molar-refractivity contribution in [2.45, 2.75) is 52.2 Å². The minimum atomic E-state index is -3.97. The van der Waals surface area contributed by atoms with Crippen molar-refractivity contribution in [1.82, 2.24) is 0 Å². The van der Waals surface area contributed by atoms with Crippen molar-refractivity contribution in [1.29, 1.82) is 0 Å². The molecule has 1 N–H and O–H groups in total. The Bertz CT molecular complexity index is 321. The van der Waals surface area contributed by atoms with Crippen LogP contribution in [0.1, 0.15) is 34.1 Å². The summed E-state index contributed by atoms with van der Waals surface area (Å²) in [6.45, 7) is 11.4. The summed E-state index contributed by atoms with van der Waals surface area (Å²) in [5.74, 6) is -0.310. The summed E-state index contributed by atoms with van der Waals surface area (Å²) in [4.78, 5) is 20.5. The zero-order chi connectivity index (χ0) is 13.9. The van der Waals surface area contributed by atoms with Crippen LogP contribution in [-0.4, -0.2) is 25.2 Å². The highest BCUT2D eigenvalue weighted by Crippen LogP contribution is 2.46. The average molecular weight is 282 g/mol. The first-order chi connectivity index (χ1) is 7.41. The van der Waals surface area contributed by atoms with Crippen LogP contribution in [-0.2, 0) is 18.6 Å². The molecule has 0 aliphatic rings. The molecule has 0 radical (unpaired) electrons. The number of ketones is 1. The van der Waals surface area contributed by atoms with Gasteiger partial charge in [-0.15, -0.1) is 0 Å². The molecule has 0 saturated carbocycles. The predicted octanol–water partition coefficient (Wildman–Crippen LogP) is 3.10. The molecule has 0 bridgehead atoms. The van der Waals surface area contributed by atoms with E-state index >= 15 is 0 Å². The largest absolute Gasteiger partial charge is 0.361 e. The zero-order valence-electron chi connectivity index (χ0n) is 11.4. The molecule has 5 nitrogen and oxygen atoms in total. The molecule has 1 unspecified atom stereocenters. The van der Waals surface area contributed by atoms with Gasteiger partial charge in [-0.05, 0) is 18.1 Å². The van der Waals surface area contributed by atoms with Crippen LogP contribution in [0.2, 0.25) is 18.1 Å². The molecule has 0 aromatic rings. The number of hydrogen-bond donors (Lipinski definition) is 1. The first-order valence-corrected chi connectivity index (χ1v) is 10.3. The fourth-order valence-corrected chi connectivity index (χ4v) is 2.82. The van der Waals surface area contributed by atoms with Gasteiger partial charge in [0.1, 0.15) is 11.9 Å². The molecule has 0 spiro atoms. The number of hydrogen-bond acceptors (Lipinski definition) is 4. The van der Waals surface area contributed by atoms with Gasteiger partial charge >= 0.3 is 7.60 Å². The van der Waals surface area contributed by atoms with E-state index in [1.165, 1.54) is 0 Å². The Labute approximate surface area is 104 Å². The van der Waals surface area contributed by atoms with Crippen molar-refractivity contribution in [3.63, 3.8) is 0 Å². The van der Waals surface area contributed by atoms with Gasteiger partial charge in [-0.2, -0.15) is 4.67 Å². The van der Waals surface area contributed by atoms with Crippen LogP contribution in [0.15, 0.2) is 0 Å². The van der Waals surface area contributed by atoms with Crippen molar-refractivity contribution < 1.29 is 23.5 Å². The Morgan fingerprint density at radius 1 is 1.35 bits per heavy atom. The maximum Gasteiger partial charge on any atom is 0.361 e. The number of carbonyl (C=O) groups is 1. The Balaban J connectivity index is 4.47. The van der Waals surface area contributed by atoms with Gasteiger partial charge in [0.2, 0.25) is 8.32 Å². The van der Waals surface area contributed by atoms with Crippen LogP contribution >= 0.6 is 7.60 Å². The molecule has 0 amide bonds. The maximum atomic E-state index is 11.6. The molecule has 0 fully saturated rings. The van der Waals surface area contributed by atoms with Gasteiger partial charge in [-0.25, -0.2) is 0 Å². The summed E-state index contributed by atoms with van der Waals surface area (Å²) < 4.78 is 21.4. The van der Waals surface area contributed by atoms with Crippen LogP contribution < -0.4 is 0 Å². The van der Waals surface area contributed by atoms with E-state index in [4.69, 9.17) is 4.58 Å². The highest BCUT2D eigenvalue weighted by molar-refractivity contribution is 7.53.